The summed E-state index contributed by atoms with van der Waals surface area (Å²) in [6.45, 7) is 0. The second-order valence-electron chi connectivity index (χ2n) is 4.80. The molecular weight excluding hydrogens is 314 g/mol. The molecule has 1 aromatic heterocycles. The first kappa shape index (κ1) is 13.4. The van der Waals surface area contributed by atoms with Crippen molar-refractivity contribution in [2.45, 2.75) is 4.34 Å². The van der Waals surface area contributed by atoms with Gasteiger partial charge in [0.05, 0.1) is 15.8 Å². The van der Waals surface area contributed by atoms with Gasteiger partial charge in [0.2, 0.25) is 0 Å². The summed E-state index contributed by atoms with van der Waals surface area (Å²) in [5.74, 6) is -0.400. The largest absolute Gasteiger partial charge is 0.288 e. The molecular formula is C17H9NO2S2. The van der Waals surface area contributed by atoms with E-state index in [4.69, 9.17) is 0 Å². The monoisotopic (exact) mass is 323 g/mol. The summed E-state index contributed by atoms with van der Waals surface area (Å²) in [4.78, 5) is 29.0. The second kappa shape index (κ2) is 5.19. The quantitative estimate of drug-likeness (QED) is 0.399. The minimum absolute atomic E-state index is 0.200. The fourth-order valence-electron chi connectivity index (χ4n) is 2.39. The van der Waals surface area contributed by atoms with Crippen molar-refractivity contribution in [2.24, 2.45) is 0 Å². The molecule has 0 saturated heterocycles. The molecule has 1 aliphatic carbocycles. The molecule has 0 atom stereocenters. The van der Waals surface area contributed by atoms with Gasteiger partial charge in [-0.05, 0) is 17.5 Å². The Kier molecular flexibility index (Phi) is 3.17. The molecule has 0 aliphatic heterocycles. The number of hydrogen-bond acceptors (Lipinski definition) is 5. The molecule has 106 valence electrons. The lowest BCUT2D eigenvalue weighted by Crippen LogP contribution is -1.99. The van der Waals surface area contributed by atoms with Crippen LogP contribution in [0.5, 0.6) is 0 Å². The van der Waals surface area contributed by atoms with Gasteiger partial charge in [0.1, 0.15) is 0 Å². The van der Waals surface area contributed by atoms with Gasteiger partial charge in [0.15, 0.2) is 15.9 Å². The molecule has 0 fully saturated rings. The molecule has 0 amide bonds. The van der Waals surface area contributed by atoms with E-state index in [0.29, 0.717) is 11.1 Å². The normalized spacial score (nSPS) is 13.7. The smallest absolute Gasteiger partial charge is 0.198 e. The Balaban J connectivity index is 1.67. The summed E-state index contributed by atoms with van der Waals surface area (Å²) in [5, 5.41) is 1.63. The minimum atomic E-state index is -0.200. The summed E-state index contributed by atoms with van der Waals surface area (Å²) < 4.78 is 1.92. The van der Waals surface area contributed by atoms with E-state index in [1.807, 2.05) is 24.3 Å². The first-order chi connectivity index (χ1) is 10.7. The van der Waals surface area contributed by atoms with Crippen LogP contribution in [-0.2, 0) is 0 Å². The number of ketones is 2. The Hall–Kier alpha value is -2.24. The molecule has 0 radical (unpaired) electrons. The van der Waals surface area contributed by atoms with Crippen molar-refractivity contribution in [3.63, 3.8) is 0 Å². The lowest BCUT2D eigenvalue weighted by Gasteiger charge is -1.92. The molecule has 0 spiro atoms. The van der Waals surface area contributed by atoms with Crippen molar-refractivity contribution in [2.75, 3.05) is 0 Å². The molecule has 3 nitrogen and oxygen atoms in total. The van der Waals surface area contributed by atoms with E-state index >= 15 is 0 Å². The summed E-state index contributed by atoms with van der Waals surface area (Å²) >= 11 is 2.88. The molecule has 0 bridgehead atoms. The molecule has 22 heavy (non-hydrogen) atoms. The van der Waals surface area contributed by atoms with Crippen LogP contribution in [0.3, 0.4) is 0 Å². The van der Waals surface area contributed by atoms with Gasteiger partial charge in [0.25, 0.3) is 0 Å². The minimum Gasteiger partial charge on any atom is -0.288 e. The van der Waals surface area contributed by atoms with Crippen LogP contribution in [0.2, 0.25) is 0 Å². The summed E-state index contributed by atoms with van der Waals surface area (Å²) in [5.41, 5.74) is 2.14. The van der Waals surface area contributed by atoms with Crippen molar-refractivity contribution >= 4 is 44.9 Å². The number of carbonyl (C=O) groups is 2. The average Bonchev–Trinajstić information content (AvgIpc) is 3.06. The SMILES string of the molecule is O=C1C(=CSc2nc3ccccc3s2)C(=O)c2ccccc21. The van der Waals surface area contributed by atoms with Crippen molar-refractivity contribution in [3.8, 4) is 0 Å². The molecule has 0 unspecified atom stereocenters. The lowest BCUT2D eigenvalue weighted by molar-refractivity contribution is 0.0989. The third-order valence-corrected chi connectivity index (χ3v) is 5.47. The summed E-state index contributed by atoms with van der Waals surface area (Å²) in [6.07, 6.45) is 0. The van der Waals surface area contributed by atoms with Gasteiger partial charge in [-0.25, -0.2) is 4.98 Å². The maximum absolute atomic E-state index is 12.3. The highest BCUT2D eigenvalue weighted by Gasteiger charge is 2.32. The Labute approximate surface area is 134 Å². The maximum Gasteiger partial charge on any atom is 0.198 e. The number of para-hydroxylation sites is 1. The van der Waals surface area contributed by atoms with Crippen LogP contribution in [0, 0.1) is 0 Å². The van der Waals surface area contributed by atoms with Gasteiger partial charge >= 0.3 is 0 Å². The van der Waals surface area contributed by atoms with Crippen LogP contribution in [-0.4, -0.2) is 16.6 Å². The number of Topliss-reactive ketones (excluding diaryl/α,β-unsaturated/α-hetero) is 2. The number of fused-ring (bicyclic) bond motifs is 2. The number of carbonyl (C=O) groups excluding carboxylic acids is 2. The molecule has 2 aromatic carbocycles. The number of allylic oxidation sites excluding steroid dienone is 1. The number of rotatable bonds is 2. The standard InChI is InChI=1S/C17H9NO2S2/c19-15-10-5-1-2-6-11(10)16(20)12(15)9-21-17-18-13-7-3-4-8-14(13)22-17/h1-9H. The molecule has 3 aromatic rings. The highest BCUT2D eigenvalue weighted by molar-refractivity contribution is 8.03. The number of thiazole rings is 1. The van der Waals surface area contributed by atoms with Gasteiger partial charge in [-0.15, -0.1) is 11.3 Å². The van der Waals surface area contributed by atoms with Crippen LogP contribution in [0.25, 0.3) is 10.2 Å². The van der Waals surface area contributed by atoms with Gasteiger partial charge in [-0.2, -0.15) is 0 Å². The summed E-state index contributed by atoms with van der Waals surface area (Å²) in [6, 6.07) is 14.8. The number of benzene rings is 2. The van der Waals surface area contributed by atoms with E-state index in [9.17, 15) is 9.59 Å². The number of hydrogen-bond donors (Lipinski definition) is 0. The lowest BCUT2D eigenvalue weighted by atomic mass is 10.1. The zero-order valence-electron chi connectivity index (χ0n) is 11.3. The third-order valence-electron chi connectivity index (χ3n) is 3.46. The number of aromatic nitrogens is 1. The van der Waals surface area contributed by atoms with Gasteiger partial charge < -0.3 is 0 Å². The fourth-order valence-corrected chi connectivity index (χ4v) is 4.28. The maximum atomic E-state index is 12.3. The number of nitrogens with zero attached hydrogens (tertiary/aromatic N) is 1. The van der Waals surface area contributed by atoms with Crippen LogP contribution in [0.1, 0.15) is 20.7 Å². The van der Waals surface area contributed by atoms with Crippen molar-refractivity contribution in [3.05, 3.63) is 70.6 Å². The Morgan fingerprint density at radius 2 is 1.55 bits per heavy atom. The first-order valence-electron chi connectivity index (χ1n) is 6.65. The molecule has 5 heteroatoms. The molecule has 0 saturated carbocycles. The molecule has 1 aliphatic rings. The van der Waals surface area contributed by atoms with E-state index in [2.05, 4.69) is 4.98 Å². The molecule has 1 heterocycles. The third kappa shape index (κ3) is 2.10. The van der Waals surface area contributed by atoms with E-state index in [-0.39, 0.29) is 17.1 Å². The van der Waals surface area contributed by atoms with Crippen LogP contribution >= 0.6 is 23.1 Å². The summed E-state index contributed by atoms with van der Waals surface area (Å²) in [7, 11) is 0. The fraction of sp³-hybridized carbons (Fsp3) is 0. The van der Waals surface area contributed by atoms with Crippen LogP contribution in [0.4, 0.5) is 0 Å². The topological polar surface area (TPSA) is 47.0 Å². The van der Waals surface area contributed by atoms with E-state index in [1.165, 1.54) is 11.8 Å². The van der Waals surface area contributed by atoms with E-state index in [1.54, 1.807) is 41.0 Å². The highest BCUT2D eigenvalue weighted by atomic mass is 32.2. The average molecular weight is 323 g/mol. The van der Waals surface area contributed by atoms with Crippen molar-refractivity contribution in [1.29, 1.82) is 0 Å². The molecule has 4 rings (SSSR count). The van der Waals surface area contributed by atoms with Gasteiger partial charge in [0, 0.05) is 11.1 Å². The Morgan fingerprint density at radius 1 is 0.909 bits per heavy atom. The predicted octanol–water partition coefficient (Wildman–Crippen LogP) is 4.35. The zero-order chi connectivity index (χ0) is 15.1. The predicted molar refractivity (Wildman–Crippen MR) is 88.7 cm³/mol. The van der Waals surface area contributed by atoms with Crippen molar-refractivity contribution < 1.29 is 9.59 Å². The van der Waals surface area contributed by atoms with Crippen molar-refractivity contribution in [1.82, 2.24) is 4.98 Å². The Bertz CT molecular complexity index is 886. The van der Waals surface area contributed by atoms with Gasteiger partial charge in [-0.1, -0.05) is 48.2 Å². The number of thioether (sulfide) groups is 1. The first-order valence-corrected chi connectivity index (χ1v) is 8.34. The van der Waals surface area contributed by atoms with E-state index < -0.39 is 0 Å². The highest BCUT2D eigenvalue weighted by Crippen LogP contribution is 2.33. The Morgan fingerprint density at radius 3 is 2.23 bits per heavy atom. The molecule has 0 N–H and O–H groups in total. The van der Waals surface area contributed by atoms with E-state index in [0.717, 1.165) is 14.6 Å². The van der Waals surface area contributed by atoms with Crippen LogP contribution in [0.15, 0.2) is 63.9 Å². The zero-order valence-corrected chi connectivity index (χ0v) is 12.9. The van der Waals surface area contributed by atoms with Gasteiger partial charge in [-0.3, -0.25) is 9.59 Å². The van der Waals surface area contributed by atoms with Crippen LogP contribution < -0.4 is 0 Å². The second-order valence-corrected chi connectivity index (χ2v) is 6.95.